The molecule has 0 unspecified atom stereocenters. The van der Waals surface area contributed by atoms with Crippen LogP contribution in [0.2, 0.25) is 0 Å². The summed E-state index contributed by atoms with van der Waals surface area (Å²) >= 11 is 0. The molecule has 0 saturated heterocycles. The number of carboxylic acid groups (broad SMARTS) is 1. The fourth-order valence-electron chi connectivity index (χ4n) is 2.05. The minimum absolute atomic E-state index is 0.263. The van der Waals surface area contributed by atoms with Gasteiger partial charge in [0, 0.05) is 0 Å². The van der Waals surface area contributed by atoms with Crippen molar-refractivity contribution < 1.29 is 14.6 Å². The van der Waals surface area contributed by atoms with E-state index in [1.54, 1.807) is 12.1 Å². The molecule has 1 fully saturated rings. The van der Waals surface area contributed by atoms with Crippen LogP contribution in [0.3, 0.4) is 0 Å². The summed E-state index contributed by atoms with van der Waals surface area (Å²) in [6, 6.07) is 5.28. The zero-order valence-corrected chi connectivity index (χ0v) is 10.1. The number of rotatable bonds is 5. The van der Waals surface area contributed by atoms with Crippen LogP contribution in [-0.2, 0) is 0 Å². The molecule has 0 atom stereocenters. The van der Waals surface area contributed by atoms with E-state index in [4.69, 9.17) is 9.84 Å². The highest BCUT2D eigenvalue weighted by Crippen LogP contribution is 2.29. The van der Waals surface area contributed by atoms with Gasteiger partial charge in [-0.25, -0.2) is 4.79 Å². The number of aromatic carboxylic acids is 1. The van der Waals surface area contributed by atoms with Gasteiger partial charge < -0.3 is 9.84 Å². The Labute approximate surface area is 101 Å². The second-order valence-electron chi connectivity index (χ2n) is 4.74. The Morgan fingerprint density at radius 2 is 2.24 bits per heavy atom. The molecule has 3 heteroatoms. The first-order valence-corrected chi connectivity index (χ1v) is 6.13. The molecular weight excluding hydrogens is 216 g/mol. The van der Waals surface area contributed by atoms with Crippen LogP contribution in [-0.4, -0.2) is 17.7 Å². The largest absolute Gasteiger partial charge is 0.493 e. The summed E-state index contributed by atoms with van der Waals surface area (Å²) < 4.78 is 5.58. The standard InChI is InChI=1S/C14H18O3/c1-10-5-6-13(12(9-10)14(15)16)17-8-7-11-3-2-4-11/h5-6,9,11H,2-4,7-8H2,1H3,(H,15,16). The molecule has 92 valence electrons. The lowest BCUT2D eigenvalue weighted by Crippen LogP contribution is -2.15. The highest BCUT2D eigenvalue weighted by molar-refractivity contribution is 5.91. The number of benzene rings is 1. The van der Waals surface area contributed by atoms with Crippen molar-refractivity contribution in [3.63, 3.8) is 0 Å². The second kappa shape index (κ2) is 5.21. The maximum atomic E-state index is 11.1. The summed E-state index contributed by atoms with van der Waals surface area (Å²) in [6.07, 6.45) is 4.95. The van der Waals surface area contributed by atoms with Gasteiger partial charge >= 0.3 is 5.97 Å². The molecule has 1 aliphatic carbocycles. The molecule has 0 aromatic heterocycles. The van der Waals surface area contributed by atoms with Gasteiger partial charge in [-0.05, 0) is 31.4 Å². The Bertz CT molecular complexity index is 408. The van der Waals surface area contributed by atoms with Gasteiger partial charge in [0.1, 0.15) is 11.3 Å². The van der Waals surface area contributed by atoms with Gasteiger partial charge in [-0.1, -0.05) is 30.9 Å². The van der Waals surface area contributed by atoms with Crippen LogP contribution in [0.4, 0.5) is 0 Å². The van der Waals surface area contributed by atoms with Crippen LogP contribution in [0, 0.1) is 12.8 Å². The Kier molecular flexibility index (Phi) is 3.67. The van der Waals surface area contributed by atoms with E-state index in [1.165, 1.54) is 19.3 Å². The third-order valence-electron chi connectivity index (χ3n) is 3.37. The van der Waals surface area contributed by atoms with E-state index in [2.05, 4.69) is 0 Å². The molecule has 3 nitrogen and oxygen atoms in total. The van der Waals surface area contributed by atoms with Crippen molar-refractivity contribution in [1.82, 2.24) is 0 Å². The Balaban J connectivity index is 1.96. The molecule has 1 N–H and O–H groups in total. The van der Waals surface area contributed by atoms with E-state index >= 15 is 0 Å². The van der Waals surface area contributed by atoms with Gasteiger partial charge in [-0.3, -0.25) is 0 Å². The monoisotopic (exact) mass is 234 g/mol. The Hall–Kier alpha value is -1.51. The number of hydrogen-bond donors (Lipinski definition) is 1. The number of carboxylic acids is 1. The maximum Gasteiger partial charge on any atom is 0.339 e. The zero-order valence-electron chi connectivity index (χ0n) is 10.1. The minimum Gasteiger partial charge on any atom is -0.493 e. The predicted molar refractivity (Wildman–Crippen MR) is 65.6 cm³/mol. The fraction of sp³-hybridized carbons (Fsp3) is 0.500. The summed E-state index contributed by atoms with van der Waals surface area (Å²) in [7, 11) is 0. The summed E-state index contributed by atoms with van der Waals surface area (Å²) in [5.41, 5.74) is 1.20. The first kappa shape index (κ1) is 12.0. The summed E-state index contributed by atoms with van der Waals surface area (Å²) in [4.78, 5) is 11.1. The van der Waals surface area contributed by atoms with Crippen molar-refractivity contribution in [3.05, 3.63) is 29.3 Å². The van der Waals surface area contributed by atoms with Crippen LogP contribution < -0.4 is 4.74 Å². The quantitative estimate of drug-likeness (QED) is 0.850. The van der Waals surface area contributed by atoms with Gasteiger partial charge in [0.15, 0.2) is 0 Å². The van der Waals surface area contributed by atoms with E-state index in [1.807, 2.05) is 13.0 Å². The average molecular weight is 234 g/mol. The lowest BCUT2D eigenvalue weighted by Gasteiger charge is -2.25. The zero-order chi connectivity index (χ0) is 12.3. The van der Waals surface area contributed by atoms with Crippen LogP contribution in [0.5, 0.6) is 5.75 Å². The smallest absolute Gasteiger partial charge is 0.339 e. The molecule has 0 heterocycles. The molecule has 1 aliphatic rings. The van der Waals surface area contributed by atoms with Crippen LogP contribution in [0.15, 0.2) is 18.2 Å². The topological polar surface area (TPSA) is 46.5 Å². The van der Waals surface area contributed by atoms with E-state index in [-0.39, 0.29) is 5.56 Å². The Morgan fingerprint density at radius 1 is 1.47 bits per heavy atom. The van der Waals surface area contributed by atoms with Gasteiger partial charge in [0.2, 0.25) is 0 Å². The molecule has 1 aromatic carbocycles. The highest BCUT2D eigenvalue weighted by atomic mass is 16.5. The minimum atomic E-state index is -0.924. The average Bonchev–Trinajstić information content (AvgIpc) is 2.23. The van der Waals surface area contributed by atoms with E-state index in [0.717, 1.165) is 17.9 Å². The van der Waals surface area contributed by atoms with Crippen molar-refractivity contribution in [2.24, 2.45) is 5.92 Å². The van der Waals surface area contributed by atoms with Gasteiger partial charge in [0.05, 0.1) is 6.61 Å². The third-order valence-corrected chi connectivity index (χ3v) is 3.37. The van der Waals surface area contributed by atoms with Gasteiger partial charge in [-0.2, -0.15) is 0 Å². The molecule has 0 radical (unpaired) electrons. The molecule has 1 saturated carbocycles. The fourth-order valence-corrected chi connectivity index (χ4v) is 2.05. The lowest BCUT2D eigenvalue weighted by molar-refractivity contribution is 0.0691. The molecular formula is C14H18O3. The molecule has 0 spiro atoms. The van der Waals surface area contributed by atoms with E-state index in [0.29, 0.717) is 12.4 Å². The van der Waals surface area contributed by atoms with Crippen molar-refractivity contribution in [2.45, 2.75) is 32.6 Å². The van der Waals surface area contributed by atoms with Gasteiger partial charge in [0.25, 0.3) is 0 Å². The van der Waals surface area contributed by atoms with Crippen LogP contribution in [0.1, 0.15) is 41.6 Å². The predicted octanol–water partition coefficient (Wildman–Crippen LogP) is 3.26. The summed E-state index contributed by atoms with van der Waals surface area (Å²) in [5, 5.41) is 9.08. The molecule has 1 aromatic rings. The molecule has 0 aliphatic heterocycles. The number of aryl methyl sites for hydroxylation is 1. The molecule has 0 amide bonds. The lowest BCUT2D eigenvalue weighted by atomic mass is 9.83. The summed E-state index contributed by atoms with van der Waals surface area (Å²) in [5.74, 6) is 0.350. The first-order chi connectivity index (χ1) is 8.16. The van der Waals surface area contributed by atoms with Crippen LogP contribution >= 0.6 is 0 Å². The van der Waals surface area contributed by atoms with Crippen molar-refractivity contribution >= 4 is 5.97 Å². The first-order valence-electron chi connectivity index (χ1n) is 6.13. The van der Waals surface area contributed by atoms with Crippen molar-refractivity contribution in [2.75, 3.05) is 6.61 Å². The van der Waals surface area contributed by atoms with Crippen molar-refractivity contribution in [1.29, 1.82) is 0 Å². The SMILES string of the molecule is Cc1ccc(OCCC2CCC2)c(C(=O)O)c1. The highest BCUT2D eigenvalue weighted by Gasteiger charge is 2.17. The van der Waals surface area contributed by atoms with Crippen LogP contribution in [0.25, 0.3) is 0 Å². The van der Waals surface area contributed by atoms with Gasteiger partial charge in [-0.15, -0.1) is 0 Å². The molecule has 17 heavy (non-hydrogen) atoms. The van der Waals surface area contributed by atoms with Crippen molar-refractivity contribution in [3.8, 4) is 5.75 Å². The number of ether oxygens (including phenoxy) is 1. The van der Waals surface area contributed by atoms with E-state index < -0.39 is 5.97 Å². The normalized spacial score (nSPS) is 15.4. The third kappa shape index (κ3) is 2.99. The number of carbonyl (C=O) groups is 1. The second-order valence-corrected chi connectivity index (χ2v) is 4.74. The summed E-state index contributed by atoms with van der Waals surface area (Å²) in [6.45, 7) is 2.50. The Morgan fingerprint density at radius 3 is 2.82 bits per heavy atom. The molecule has 0 bridgehead atoms. The number of hydrogen-bond acceptors (Lipinski definition) is 2. The van der Waals surface area contributed by atoms with E-state index in [9.17, 15) is 4.79 Å². The maximum absolute atomic E-state index is 11.1. The molecule has 2 rings (SSSR count).